The van der Waals surface area contributed by atoms with Crippen molar-refractivity contribution in [2.24, 2.45) is 0 Å². The van der Waals surface area contributed by atoms with Gasteiger partial charge < -0.3 is 14.9 Å². The summed E-state index contributed by atoms with van der Waals surface area (Å²) in [5.41, 5.74) is 1.15. The third kappa shape index (κ3) is 2.85. The Morgan fingerprint density at radius 1 is 1.20 bits per heavy atom. The number of aliphatic hydroxyl groups is 1. The van der Waals surface area contributed by atoms with Gasteiger partial charge in [0, 0.05) is 37.8 Å². The molecule has 1 aliphatic carbocycles. The molecule has 1 aromatic rings. The molecule has 25 heavy (non-hydrogen) atoms. The van der Waals surface area contributed by atoms with Crippen LogP contribution in [0.5, 0.6) is 0 Å². The molecule has 6 nitrogen and oxygen atoms in total. The van der Waals surface area contributed by atoms with Gasteiger partial charge in [0.25, 0.3) is 5.91 Å². The largest absolute Gasteiger partial charge is 0.380 e. The van der Waals surface area contributed by atoms with Crippen molar-refractivity contribution in [1.29, 1.82) is 0 Å². The normalized spacial score (nSPS) is 29.0. The molecule has 1 unspecified atom stereocenters. The summed E-state index contributed by atoms with van der Waals surface area (Å²) in [6.45, 7) is 4.91. The van der Waals surface area contributed by atoms with Crippen LogP contribution in [0.3, 0.4) is 0 Å². The van der Waals surface area contributed by atoms with Gasteiger partial charge in [0.05, 0.1) is 5.69 Å². The first-order valence-corrected chi connectivity index (χ1v) is 9.45. The molecule has 1 atom stereocenters. The number of piperidine rings is 2. The first-order valence-electron chi connectivity index (χ1n) is 9.45. The van der Waals surface area contributed by atoms with Crippen LogP contribution in [0.15, 0.2) is 6.20 Å². The number of likely N-dealkylation sites (tertiary alicyclic amines) is 2. The predicted molar refractivity (Wildman–Crippen MR) is 94.3 cm³/mol. The average Bonchev–Trinajstić information content (AvgIpc) is 2.94. The van der Waals surface area contributed by atoms with Gasteiger partial charge in [-0.15, -0.1) is 0 Å². The smallest absolute Gasteiger partial charge is 0.254 e. The van der Waals surface area contributed by atoms with Crippen LogP contribution < -0.4 is 0 Å². The molecule has 136 valence electrons. The van der Waals surface area contributed by atoms with E-state index in [4.69, 9.17) is 4.98 Å². The Hall–Kier alpha value is -1.53. The number of fused-ring (bicyclic) bond motifs is 2. The van der Waals surface area contributed by atoms with Gasteiger partial charge in [0.15, 0.2) is 0 Å². The van der Waals surface area contributed by atoms with Crippen molar-refractivity contribution in [3.8, 4) is 0 Å². The minimum Gasteiger partial charge on any atom is -0.380 e. The van der Waals surface area contributed by atoms with Gasteiger partial charge in [-0.3, -0.25) is 4.79 Å². The molecule has 1 spiro atoms. The Morgan fingerprint density at radius 3 is 2.72 bits per heavy atom. The van der Waals surface area contributed by atoms with Crippen molar-refractivity contribution in [2.75, 3.05) is 33.2 Å². The lowest BCUT2D eigenvalue weighted by molar-refractivity contribution is -0.158. The fourth-order valence-corrected chi connectivity index (χ4v) is 4.83. The van der Waals surface area contributed by atoms with Gasteiger partial charge in [-0.05, 0) is 58.1 Å². The molecule has 3 heterocycles. The number of nitrogens with zero attached hydrogens (tertiary/aromatic N) is 4. The molecule has 1 aromatic heterocycles. The van der Waals surface area contributed by atoms with E-state index in [2.05, 4.69) is 9.88 Å². The summed E-state index contributed by atoms with van der Waals surface area (Å²) >= 11 is 0. The van der Waals surface area contributed by atoms with Crippen LogP contribution in [-0.2, 0) is 16.6 Å². The predicted octanol–water partition coefficient (Wildman–Crippen LogP) is 1.05. The Morgan fingerprint density at radius 2 is 1.96 bits per heavy atom. The number of hydrogen-bond acceptors (Lipinski definition) is 5. The highest BCUT2D eigenvalue weighted by Gasteiger charge is 2.48. The molecule has 0 aromatic carbocycles. The van der Waals surface area contributed by atoms with Crippen LogP contribution in [0.4, 0.5) is 0 Å². The molecule has 1 N–H and O–H groups in total. The van der Waals surface area contributed by atoms with Gasteiger partial charge in [0.1, 0.15) is 11.4 Å². The summed E-state index contributed by atoms with van der Waals surface area (Å²) in [5.74, 6) is 0.733. The zero-order valence-corrected chi connectivity index (χ0v) is 15.3. The summed E-state index contributed by atoms with van der Waals surface area (Å²) in [5, 5.41) is 10.9. The van der Waals surface area contributed by atoms with E-state index in [9.17, 15) is 9.90 Å². The van der Waals surface area contributed by atoms with Gasteiger partial charge in [0.2, 0.25) is 0 Å². The van der Waals surface area contributed by atoms with E-state index in [0.717, 1.165) is 56.8 Å². The quantitative estimate of drug-likeness (QED) is 0.825. The number of aryl methyl sites for hydroxylation is 2. The minimum atomic E-state index is -1.19. The summed E-state index contributed by atoms with van der Waals surface area (Å²) in [7, 11) is 2.04. The molecule has 0 radical (unpaired) electrons. The van der Waals surface area contributed by atoms with E-state index < -0.39 is 5.60 Å². The van der Waals surface area contributed by atoms with Crippen LogP contribution in [0.1, 0.15) is 49.2 Å². The SMILES string of the molecule is Cc1ncc2c(n1)C1(CCCN(C(=O)C3(O)CCN(C)CC3)C1)CC2. The number of hydrogen-bond donors (Lipinski definition) is 1. The molecule has 2 fully saturated rings. The van der Waals surface area contributed by atoms with Gasteiger partial charge in [-0.1, -0.05) is 0 Å². The second-order valence-corrected chi connectivity index (χ2v) is 8.24. The lowest BCUT2D eigenvalue weighted by atomic mass is 9.76. The van der Waals surface area contributed by atoms with Gasteiger partial charge in [-0.2, -0.15) is 0 Å². The Bertz CT molecular complexity index is 680. The molecule has 0 saturated carbocycles. The van der Waals surface area contributed by atoms with Crippen LogP contribution in [0.2, 0.25) is 0 Å². The summed E-state index contributed by atoms with van der Waals surface area (Å²) in [4.78, 5) is 26.3. The second kappa shape index (κ2) is 6.02. The third-order valence-electron chi connectivity index (χ3n) is 6.44. The first-order chi connectivity index (χ1) is 11.9. The molecular weight excluding hydrogens is 316 g/mol. The van der Waals surface area contributed by atoms with Crippen molar-refractivity contribution in [3.05, 3.63) is 23.3 Å². The minimum absolute atomic E-state index is 0.0429. The lowest BCUT2D eigenvalue weighted by Gasteiger charge is -2.45. The van der Waals surface area contributed by atoms with Crippen molar-refractivity contribution >= 4 is 5.91 Å². The number of amides is 1. The molecule has 6 heteroatoms. The van der Waals surface area contributed by atoms with E-state index in [-0.39, 0.29) is 11.3 Å². The molecule has 2 saturated heterocycles. The lowest BCUT2D eigenvalue weighted by Crippen LogP contribution is -2.58. The Kier molecular flexibility index (Phi) is 4.07. The highest BCUT2D eigenvalue weighted by Crippen LogP contribution is 2.44. The van der Waals surface area contributed by atoms with Crippen LogP contribution in [0, 0.1) is 6.92 Å². The summed E-state index contributed by atoms with van der Waals surface area (Å²) in [6.07, 6.45) is 7.09. The van der Waals surface area contributed by atoms with E-state index in [1.165, 1.54) is 5.56 Å². The first kappa shape index (κ1) is 16.9. The van der Waals surface area contributed by atoms with E-state index in [1.807, 2.05) is 25.1 Å². The maximum Gasteiger partial charge on any atom is 0.254 e. The van der Waals surface area contributed by atoms with E-state index >= 15 is 0 Å². The average molecular weight is 344 g/mol. The fourth-order valence-electron chi connectivity index (χ4n) is 4.83. The molecule has 1 amide bonds. The molecule has 2 aliphatic heterocycles. The third-order valence-corrected chi connectivity index (χ3v) is 6.44. The van der Waals surface area contributed by atoms with Crippen LogP contribution in [0.25, 0.3) is 0 Å². The summed E-state index contributed by atoms with van der Waals surface area (Å²) < 4.78 is 0. The maximum atomic E-state index is 13.1. The van der Waals surface area contributed by atoms with E-state index in [1.54, 1.807) is 0 Å². The molecule has 4 rings (SSSR count). The zero-order valence-electron chi connectivity index (χ0n) is 15.3. The number of carbonyl (C=O) groups excluding carboxylic acids is 1. The van der Waals surface area contributed by atoms with Gasteiger partial charge in [-0.25, -0.2) is 9.97 Å². The maximum absolute atomic E-state index is 13.1. The number of carbonyl (C=O) groups is 1. The van der Waals surface area contributed by atoms with Crippen molar-refractivity contribution < 1.29 is 9.90 Å². The Balaban J connectivity index is 1.56. The molecular formula is C19H28N4O2. The van der Waals surface area contributed by atoms with Crippen molar-refractivity contribution in [2.45, 2.75) is 56.5 Å². The monoisotopic (exact) mass is 344 g/mol. The van der Waals surface area contributed by atoms with E-state index in [0.29, 0.717) is 19.4 Å². The zero-order chi connectivity index (χ0) is 17.7. The summed E-state index contributed by atoms with van der Waals surface area (Å²) in [6, 6.07) is 0. The molecule has 0 bridgehead atoms. The topological polar surface area (TPSA) is 69.6 Å². The van der Waals surface area contributed by atoms with Crippen molar-refractivity contribution in [3.63, 3.8) is 0 Å². The van der Waals surface area contributed by atoms with Crippen LogP contribution >= 0.6 is 0 Å². The number of rotatable bonds is 1. The number of aromatic nitrogens is 2. The fraction of sp³-hybridized carbons (Fsp3) is 0.737. The standard InChI is InChI=1S/C19H28N4O2/c1-14-20-12-15-4-6-18(16(15)21-14)5-3-9-23(13-18)17(24)19(25)7-10-22(2)11-8-19/h12,25H,3-11,13H2,1-2H3. The second-order valence-electron chi connectivity index (χ2n) is 8.24. The van der Waals surface area contributed by atoms with Crippen LogP contribution in [-0.4, -0.2) is 69.6 Å². The Labute approximate surface area is 149 Å². The highest BCUT2D eigenvalue weighted by atomic mass is 16.3. The van der Waals surface area contributed by atoms with Crippen molar-refractivity contribution in [1.82, 2.24) is 19.8 Å². The highest BCUT2D eigenvalue weighted by molar-refractivity contribution is 5.85. The molecule has 3 aliphatic rings. The van der Waals surface area contributed by atoms with Gasteiger partial charge >= 0.3 is 0 Å².